The Bertz CT molecular complexity index is 130. The molecule has 1 amide bonds. The second-order valence-electron chi connectivity index (χ2n) is 2.21. The van der Waals surface area contributed by atoms with Gasteiger partial charge in [-0.1, -0.05) is 0 Å². The SMILES string of the molecule is CCN(CC)C(=O)CC[C]=O. The summed E-state index contributed by atoms with van der Waals surface area (Å²) in [5.41, 5.74) is 0. The van der Waals surface area contributed by atoms with E-state index in [1.54, 1.807) is 11.2 Å². The number of hydrogen-bond acceptors (Lipinski definition) is 2. The van der Waals surface area contributed by atoms with E-state index in [0.29, 0.717) is 19.5 Å². The van der Waals surface area contributed by atoms with E-state index in [1.165, 1.54) is 0 Å². The molecule has 0 saturated heterocycles. The number of carbonyl (C=O) groups excluding carboxylic acids is 2. The van der Waals surface area contributed by atoms with Gasteiger partial charge in [-0.05, 0) is 13.8 Å². The largest absolute Gasteiger partial charge is 0.343 e. The Morgan fingerprint density at radius 1 is 1.36 bits per heavy atom. The van der Waals surface area contributed by atoms with Crippen LogP contribution in [-0.2, 0) is 9.59 Å². The smallest absolute Gasteiger partial charge is 0.223 e. The lowest BCUT2D eigenvalue weighted by Crippen LogP contribution is -2.30. The summed E-state index contributed by atoms with van der Waals surface area (Å²) < 4.78 is 0. The minimum atomic E-state index is 0.0401. The van der Waals surface area contributed by atoms with Crippen LogP contribution in [0.1, 0.15) is 26.7 Å². The van der Waals surface area contributed by atoms with Gasteiger partial charge < -0.3 is 4.90 Å². The van der Waals surface area contributed by atoms with Crippen LogP contribution in [-0.4, -0.2) is 30.2 Å². The first-order valence-electron chi connectivity index (χ1n) is 3.89. The van der Waals surface area contributed by atoms with Gasteiger partial charge in [0.15, 0.2) is 6.29 Å². The quantitative estimate of drug-likeness (QED) is 0.589. The zero-order chi connectivity index (χ0) is 8.69. The number of carbonyl (C=O) groups is 1. The van der Waals surface area contributed by atoms with Crippen molar-refractivity contribution in [2.45, 2.75) is 26.7 Å². The average Bonchev–Trinajstić information content (AvgIpc) is 2.03. The summed E-state index contributed by atoms with van der Waals surface area (Å²) in [4.78, 5) is 22.6. The highest BCUT2D eigenvalue weighted by Gasteiger charge is 2.07. The van der Waals surface area contributed by atoms with Crippen molar-refractivity contribution in [3.63, 3.8) is 0 Å². The van der Waals surface area contributed by atoms with Crippen LogP contribution in [0.2, 0.25) is 0 Å². The van der Waals surface area contributed by atoms with Gasteiger partial charge in [0.05, 0.1) is 0 Å². The van der Waals surface area contributed by atoms with Crippen LogP contribution in [0.25, 0.3) is 0 Å². The minimum Gasteiger partial charge on any atom is -0.343 e. The minimum absolute atomic E-state index is 0.0401. The van der Waals surface area contributed by atoms with Crippen molar-refractivity contribution in [1.29, 1.82) is 0 Å². The first-order chi connectivity index (χ1) is 5.26. The second kappa shape index (κ2) is 5.89. The molecule has 0 aromatic carbocycles. The van der Waals surface area contributed by atoms with Gasteiger partial charge in [0.25, 0.3) is 0 Å². The molecule has 0 fully saturated rings. The summed E-state index contributed by atoms with van der Waals surface area (Å²) in [7, 11) is 0. The highest BCUT2D eigenvalue weighted by atomic mass is 16.2. The molecule has 0 atom stereocenters. The highest BCUT2D eigenvalue weighted by molar-refractivity contribution is 5.78. The van der Waals surface area contributed by atoms with Crippen molar-refractivity contribution >= 4 is 12.2 Å². The highest BCUT2D eigenvalue weighted by Crippen LogP contribution is 1.95. The summed E-state index contributed by atoms with van der Waals surface area (Å²) in [6.45, 7) is 5.28. The molecule has 0 N–H and O–H groups in total. The summed E-state index contributed by atoms with van der Waals surface area (Å²) in [5, 5.41) is 0. The molecule has 0 unspecified atom stereocenters. The molecule has 11 heavy (non-hydrogen) atoms. The summed E-state index contributed by atoms with van der Waals surface area (Å²) in [5.74, 6) is 0.0401. The van der Waals surface area contributed by atoms with Crippen molar-refractivity contribution in [2.24, 2.45) is 0 Å². The van der Waals surface area contributed by atoms with E-state index in [9.17, 15) is 9.59 Å². The van der Waals surface area contributed by atoms with E-state index >= 15 is 0 Å². The molecule has 0 bridgehead atoms. The lowest BCUT2D eigenvalue weighted by atomic mass is 10.3. The van der Waals surface area contributed by atoms with Gasteiger partial charge in [0.2, 0.25) is 5.91 Å². The molecule has 3 nitrogen and oxygen atoms in total. The standard InChI is InChI=1S/C8H14NO2/c1-3-9(4-2)8(11)6-5-7-10/h3-6H2,1-2H3. The van der Waals surface area contributed by atoms with Crippen molar-refractivity contribution in [3.05, 3.63) is 0 Å². The van der Waals surface area contributed by atoms with E-state index in [4.69, 9.17) is 0 Å². The molecule has 0 spiro atoms. The Labute approximate surface area is 67.4 Å². The summed E-state index contributed by atoms with van der Waals surface area (Å²) in [6, 6.07) is 0. The van der Waals surface area contributed by atoms with E-state index < -0.39 is 0 Å². The molecule has 0 aliphatic carbocycles. The summed E-state index contributed by atoms with van der Waals surface area (Å²) >= 11 is 0. The normalized spacial score (nSPS) is 9.27. The molecule has 0 aromatic rings. The lowest BCUT2D eigenvalue weighted by molar-refractivity contribution is -0.130. The Kier molecular flexibility index (Phi) is 5.43. The van der Waals surface area contributed by atoms with Gasteiger partial charge in [-0.3, -0.25) is 9.59 Å². The lowest BCUT2D eigenvalue weighted by Gasteiger charge is -2.17. The Morgan fingerprint density at radius 2 is 1.91 bits per heavy atom. The Balaban J connectivity index is 3.69. The van der Waals surface area contributed by atoms with E-state index in [-0.39, 0.29) is 12.3 Å². The van der Waals surface area contributed by atoms with Crippen molar-refractivity contribution < 1.29 is 9.59 Å². The third kappa shape index (κ3) is 3.75. The van der Waals surface area contributed by atoms with E-state index in [0.717, 1.165) is 0 Å². The maximum absolute atomic E-state index is 11.1. The molecule has 0 aliphatic rings. The monoisotopic (exact) mass is 156 g/mol. The number of nitrogens with zero attached hydrogens (tertiary/aromatic N) is 1. The van der Waals surface area contributed by atoms with Gasteiger partial charge in [0, 0.05) is 25.9 Å². The van der Waals surface area contributed by atoms with Gasteiger partial charge in [-0.2, -0.15) is 0 Å². The first kappa shape index (κ1) is 10.1. The topological polar surface area (TPSA) is 37.4 Å². The molecule has 0 aromatic heterocycles. The van der Waals surface area contributed by atoms with Crippen LogP contribution in [0.4, 0.5) is 0 Å². The molecule has 63 valence electrons. The van der Waals surface area contributed by atoms with Crippen LogP contribution in [0, 0.1) is 0 Å². The van der Waals surface area contributed by atoms with E-state index in [1.807, 2.05) is 13.8 Å². The zero-order valence-corrected chi connectivity index (χ0v) is 7.09. The van der Waals surface area contributed by atoms with Crippen molar-refractivity contribution in [2.75, 3.05) is 13.1 Å². The van der Waals surface area contributed by atoms with Gasteiger partial charge >= 0.3 is 0 Å². The second-order valence-corrected chi connectivity index (χ2v) is 2.21. The van der Waals surface area contributed by atoms with Crippen LogP contribution >= 0.6 is 0 Å². The van der Waals surface area contributed by atoms with E-state index in [2.05, 4.69) is 0 Å². The maximum atomic E-state index is 11.1. The van der Waals surface area contributed by atoms with Crippen molar-refractivity contribution in [3.8, 4) is 0 Å². The fourth-order valence-electron chi connectivity index (χ4n) is 0.892. The third-order valence-corrected chi connectivity index (χ3v) is 1.56. The molecule has 0 aliphatic heterocycles. The van der Waals surface area contributed by atoms with Crippen LogP contribution < -0.4 is 0 Å². The number of hydrogen-bond donors (Lipinski definition) is 0. The molecular formula is C8H14NO2. The molecule has 0 saturated carbocycles. The predicted octanol–water partition coefficient (Wildman–Crippen LogP) is 0.745. The zero-order valence-electron chi connectivity index (χ0n) is 7.09. The molecular weight excluding hydrogens is 142 g/mol. The van der Waals surface area contributed by atoms with Crippen molar-refractivity contribution in [1.82, 2.24) is 4.90 Å². The van der Waals surface area contributed by atoms with Gasteiger partial charge in [-0.15, -0.1) is 0 Å². The molecule has 0 rings (SSSR count). The van der Waals surface area contributed by atoms with Crippen LogP contribution in [0.3, 0.4) is 0 Å². The third-order valence-electron chi connectivity index (χ3n) is 1.56. The predicted molar refractivity (Wildman–Crippen MR) is 42.9 cm³/mol. The van der Waals surface area contributed by atoms with Gasteiger partial charge in [-0.25, -0.2) is 0 Å². The van der Waals surface area contributed by atoms with Crippen LogP contribution in [0.15, 0.2) is 0 Å². The van der Waals surface area contributed by atoms with Gasteiger partial charge in [0.1, 0.15) is 0 Å². The molecule has 1 radical (unpaired) electrons. The Hall–Kier alpha value is -0.860. The Morgan fingerprint density at radius 3 is 2.27 bits per heavy atom. The maximum Gasteiger partial charge on any atom is 0.223 e. The fourth-order valence-corrected chi connectivity index (χ4v) is 0.892. The average molecular weight is 156 g/mol. The fraction of sp³-hybridized carbons (Fsp3) is 0.750. The van der Waals surface area contributed by atoms with Crippen LogP contribution in [0.5, 0.6) is 0 Å². The number of amides is 1. The molecule has 3 heteroatoms. The first-order valence-corrected chi connectivity index (χ1v) is 3.89. The molecule has 0 heterocycles. The summed E-state index contributed by atoms with van der Waals surface area (Å²) in [6.07, 6.45) is 2.22. The number of rotatable bonds is 5.